The lowest BCUT2D eigenvalue weighted by atomic mass is 10.2. The van der Waals surface area contributed by atoms with Gasteiger partial charge >= 0.3 is 0 Å². The number of benzene rings is 1. The molecule has 0 aliphatic rings. The zero-order valence-corrected chi connectivity index (χ0v) is 12.0. The Labute approximate surface area is 117 Å². The maximum Gasteiger partial charge on any atom is 0.138 e. The molecule has 0 amide bonds. The van der Waals surface area contributed by atoms with E-state index < -0.39 is 0 Å². The fraction of sp³-hybridized carbons (Fsp3) is 0.286. The number of methoxy groups -OCH3 is 1. The third-order valence-corrected chi connectivity index (χ3v) is 3.15. The topological polar surface area (TPSA) is 47.0 Å². The van der Waals surface area contributed by atoms with Gasteiger partial charge < -0.3 is 10.1 Å². The summed E-state index contributed by atoms with van der Waals surface area (Å²) < 4.78 is 5.19. The van der Waals surface area contributed by atoms with E-state index in [1.807, 2.05) is 38.1 Å². The summed E-state index contributed by atoms with van der Waals surface area (Å²) in [5, 5.41) is 3.73. The Morgan fingerprint density at radius 2 is 2.11 bits per heavy atom. The van der Waals surface area contributed by atoms with Gasteiger partial charge in [0.15, 0.2) is 0 Å². The number of rotatable bonds is 4. The Bertz CT molecular complexity index is 587. The second kappa shape index (κ2) is 5.89. The minimum atomic E-state index is 0.484. The highest BCUT2D eigenvalue weighted by Crippen LogP contribution is 2.25. The third-order valence-electron chi connectivity index (χ3n) is 2.78. The molecule has 0 aliphatic heterocycles. The number of anilines is 2. The molecule has 4 nitrogen and oxygen atoms in total. The molecule has 0 atom stereocenters. The molecule has 0 radical (unpaired) electrons. The zero-order valence-electron chi connectivity index (χ0n) is 11.2. The Balaban J connectivity index is 2.34. The number of nitrogens with one attached hydrogen (secondary N) is 1. The number of aromatic nitrogens is 2. The van der Waals surface area contributed by atoms with Crippen LogP contribution in [0.1, 0.15) is 18.3 Å². The van der Waals surface area contributed by atoms with Crippen molar-refractivity contribution in [2.75, 3.05) is 12.4 Å². The van der Waals surface area contributed by atoms with Crippen molar-refractivity contribution >= 4 is 23.1 Å². The highest BCUT2D eigenvalue weighted by molar-refractivity contribution is 6.30. The lowest BCUT2D eigenvalue weighted by molar-refractivity contribution is 0.415. The molecule has 0 fully saturated rings. The number of halogens is 1. The van der Waals surface area contributed by atoms with Crippen LogP contribution in [0.2, 0.25) is 5.15 Å². The number of hydrogen-bond donors (Lipinski definition) is 1. The molecule has 2 aromatic rings. The molecule has 1 aromatic heterocycles. The van der Waals surface area contributed by atoms with Crippen LogP contribution in [0, 0.1) is 6.92 Å². The molecule has 100 valence electrons. The molecule has 0 saturated carbocycles. The monoisotopic (exact) mass is 277 g/mol. The highest BCUT2D eigenvalue weighted by atomic mass is 35.5. The van der Waals surface area contributed by atoms with Crippen LogP contribution in [0.3, 0.4) is 0 Å². The Morgan fingerprint density at radius 1 is 1.32 bits per heavy atom. The summed E-state index contributed by atoms with van der Waals surface area (Å²) in [6.07, 6.45) is 0.743. The van der Waals surface area contributed by atoms with Crippen LogP contribution in [0.5, 0.6) is 5.75 Å². The molecular formula is C14H16ClN3O. The summed E-state index contributed by atoms with van der Waals surface area (Å²) in [6, 6.07) is 7.66. The lowest BCUT2D eigenvalue weighted by Crippen LogP contribution is -2.03. The van der Waals surface area contributed by atoms with Gasteiger partial charge in [0.25, 0.3) is 0 Å². The summed E-state index contributed by atoms with van der Waals surface area (Å²) in [4.78, 5) is 8.67. The highest BCUT2D eigenvalue weighted by Gasteiger charge is 2.09. The standard InChI is InChI=1S/C14H16ClN3O/c1-4-12-17-13(15)9(2)14(18-12)16-10-6-5-7-11(8-10)19-3/h5-8H,4H2,1-3H3,(H,16,17,18). The quantitative estimate of drug-likeness (QED) is 0.865. The molecule has 0 spiro atoms. The number of nitrogens with zero attached hydrogens (tertiary/aromatic N) is 2. The maximum absolute atomic E-state index is 6.11. The molecule has 0 unspecified atom stereocenters. The van der Waals surface area contributed by atoms with Crippen molar-refractivity contribution in [1.29, 1.82) is 0 Å². The molecule has 1 aromatic carbocycles. The minimum Gasteiger partial charge on any atom is -0.497 e. The average molecular weight is 278 g/mol. The number of hydrogen-bond acceptors (Lipinski definition) is 4. The van der Waals surface area contributed by atoms with E-state index in [1.165, 1.54) is 0 Å². The summed E-state index contributed by atoms with van der Waals surface area (Å²) in [7, 11) is 1.64. The predicted octanol–water partition coefficient (Wildman–Crippen LogP) is 3.75. The molecular weight excluding hydrogens is 262 g/mol. The van der Waals surface area contributed by atoms with Crippen LogP contribution in [0.25, 0.3) is 0 Å². The van der Waals surface area contributed by atoms with Crippen molar-refractivity contribution in [3.8, 4) is 5.75 Å². The minimum absolute atomic E-state index is 0.484. The smallest absolute Gasteiger partial charge is 0.138 e. The molecule has 1 N–H and O–H groups in total. The molecule has 5 heteroatoms. The van der Waals surface area contributed by atoms with Gasteiger partial charge in [-0.1, -0.05) is 24.6 Å². The molecule has 0 bridgehead atoms. The van der Waals surface area contributed by atoms with E-state index >= 15 is 0 Å². The molecule has 2 rings (SSSR count). The first kappa shape index (κ1) is 13.6. The van der Waals surface area contributed by atoms with Crippen molar-refractivity contribution in [2.45, 2.75) is 20.3 Å². The third kappa shape index (κ3) is 3.15. The van der Waals surface area contributed by atoms with Gasteiger partial charge in [-0.3, -0.25) is 0 Å². The van der Waals surface area contributed by atoms with E-state index in [9.17, 15) is 0 Å². The van der Waals surface area contributed by atoms with Crippen LogP contribution >= 0.6 is 11.6 Å². The second-order valence-corrected chi connectivity index (χ2v) is 4.47. The Morgan fingerprint density at radius 3 is 2.79 bits per heavy atom. The number of ether oxygens (including phenoxy) is 1. The van der Waals surface area contributed by atoms with Crippen LogP contribution in [0.4, 0.5) is 11.5 Å². The SMILES string of the molecule is CCc1nc(Cl)c(C)c(Nc2cccc(OC)c2)n1. The lowest BCUT2D eigenvalue weighted by Gasteiger charge is -2.11. The summed E-state index contributed by atoms with van der Waals surface area (Å²) in [5.41, 5.74) is 1.74. The zero-order chi connectivity index (χ0) is 13.8. The molecule has 0 saturated heterocycles. The van der Waals surface area contributed by atoms with E-state index in [-0.39, 0.29) is 0 Å². The van der Waals surface area contributed by atoms with Crippen LogP contribution in [-0.4, -0.2) is 17.1 Å². The fourth-order valence-electron chi connectivity index (χ4n) is 1.65. The van der Waals surface area contributed by atoms with Crippen LogP contribution < -0.4 is 10.1 Å². The molecule has 19 heavy (non-hydrogen) atoms. The normalized spacial score (nSPS) is 10.3. The molecule has 0 aliphatic carbocycles. The Kier molecular flexibility index (Phi) is 4.22. The van der Waals surface area contributed by atoms with Crippen molar-refractivity contribution < 1.29 is 4.74 Å². The van der Waals surface area contributed by atoms with Gasteiger partial charge in [-0.25, -0.2) is 9.97 Å². The number of aryl methyl sites for hydroxylation is 1. The first-order valence-corrected chi connectivity index (χ1v) is 6.46. The fourth-order valence-corrected chi connectivity index (χ4v) is 1.84. The summed E-state index contributed by atoms with van der Waals surface area (Å²) in [6.45, 7) is 3.89. The summed E-state index contributed by atoms with van der Waals surface area (Å²) >= 11 is 6.11. The average Bonchev–Trinajstić information content (AvgIpc) is 2.43. The van der Waals surface area contributed by atoms with E-state index in [1.54, 1.807) is 7.11 Å². The van der Waals surface area contributed by atoms with Crippen molar-refractivity contribution in [3.63, 3.8) is 0 Å². The van der Waals surface area contributed by atoms with E-state index in [4.69, 9.17) is 16.3 Å². The van der Waals surface area contributed by atoms with Gasteiger partial charge in [0.05, 0.1) is 7.11 Å². The van der Waals surface area contributed by atoms with Crippen molar-refractivity contribution in [1.82, 2.24) is 9.97 Å². The maximum atomic E-state index is 6.11. The van der Waals surface area contributed by atoms with Gasteiger partial charge in [0, 0.05) is 23.7 Å². The van der Waals surface area contributed by atoms with Gasteiger partial charge in [-0.15, -0.1) is 0 Å². The largest absolute Gasteiger partial charge is 0.497 e. The van der Waals surface area contributed by atoms with Gasteiger partial charge in [0.1, 0.15) is 22.5 Å². The van der Waals surface area contributed by atoms with Gasteiger partial charge in [-0.2, -0.15) is 0 Å². The van der Waals surface area contributed by atoms with Gasteiger partial charge in [0.2, 0.25) is 0 Å². The van der Waals surface area contributed by atoms with Crippen LogP contribution in [-0.2, 0) is 6.42 Å². The van der Waals surface area contributed by atoms with Crippen molar-refractivity contribution in [2.24, 2.45) is 0 Å². The van der Waals surface area contributed by atoms with Crippen molar-refractivity contribution in [3.05, 3.63) is 40.8 Å². The first-order valence-electron chi connectivity index (χ1n) is 6.08. The van der Waals surface area contributed by atoms with E-state index in [2.05, 4.69) is 15.3 Å². The van der Waals surface area contributed by atoms with Crippen LogP contribution in [0.15, 0.2) is 24.3 Å². The second-order valence-electron chi connectivity index (χ2n) is 4.11. The predicted molar refractivity (Wildman–Crippen MR) is 77.4 cm³/mol. The van der Waals surface area contributed by atoms with E-state index in [0.29, 0.717) is 5.15 Å². The first-order chi connectivity index (χ1) is 9.13. The van der Waals surface area contributed by atoms with E-state index in [0.717, 1.165) is 35.1 Å². The summed E-state index contributed by atoms with van der Waals surface area (Å²) in [5.74, 6) is 2.24. The molecule has 1 heterocycles. The van der Waals surface area contributed by atoms with Gasteiger partial charge in [-0.05, 0) is 19.1 Å². The Hall–Kier alpha value is -1.81.